The van der Waals surface area contributed by atoms with E-state index in [1.165, 1.54) is 0 Å². The molecule has 1 fully saturated rings. The van der Waals surface area contributed by atoms with Crippen molar-refractivity contribution in [2.45, 2.75) is 46.3 Å². The normalized spacial score (nSPS) is 22.0. The molecule has 124 valence electrons. The molecule has 1 aromatic carbocycles. The largest absolute Gasteiger partial charge is 0.491 e. The van der Waals surface area contributed by atoms with Gasteiger partial charge in [-0.2, -0.15) is 0 Å². The molecule has 0 aliphatic carbocycles. The van der Waals surface area contributed by atoms with Crippen LogP contribution in [0.1, 0.15) is 45.7 Å². The summed E-state index contributed by atoms with van der Waals surface area (Å²) < 4.78 is 5.63. The molecule has 2 atom stereocenters. The maximum Gasteiger partial charge on any atom is 0.227 e. The summed E-state index contributed by atoms with van der Waals surface area (Å²) in [5.74, 6) is 0.988. The second kappa shape index (κ2) is 7.84. The zero-order valence-corrected chi connectivity index (χ0v) is 14.6. The van der Waals surface area contributed by atoms with Crippen LogP contribution < -0.4 is 15.4 Å². The molecular weight excluding hydrogens is 300 g/mol. The van der Waals surface area contributed by atoms with Crippen LogP contribution in [0.5, 0.6) is 5.75 Å². The molecule has 0 saturated carbocycles. The molecule has 1 saturated heterocycles. The highest BCUT2D eigenvalue weighted by molar-refractivity contribution is 5.85. The number of carbonyl (C=O) groups is 1. The number of rotatable bonds is 5. The summed E-state index contributed by atoms with van der Waals surface area (Å²) in [4.78, 5) is 12.4. The van der Waals surface area contributed by atoms with Gasteiger partial charge in [0.1, 0.15) is 5.75 Å². The number of nitrogens with one attached hydrogen (secondary N) is 2. The molecule has 0 bridgehead atoms. The molecule has 0 spiro atoms. The van der Waals surface area contributed by atoms with Crippen molar-refractivity contribution >= 4 is 18.3 Å². The number of amides is 1. The summed E-state index contributed by atoms with van der Waals surface area (Å²) in [6.45, 7) is 9.73. The van der Waals surface area contributed by atoms with Crippen molar-refractivity contribution < 1.29 is 9.53 Å². The lowest BCUT2D eigenvalue weighted by Crippen LogP contribution is -2.41. The molecule has 2 N–H and O–H groups in total. The van der Waals surface area contributed by atoms with Gasteiger partial charge in [-0.05, 0) is 58.4 Å². The molecule has 1 aromatic rings. The SMILES string of the molecule is CC(C)Oc1ccc(C(C)NC(=O)C2(C)CCNC2)cc1.Cl. The number of benzene rings is 1. The van der Waals surface area contributed by atoms with E-state index in [0.717, 1.165) is 30.8 Å². The Morgan fingerprint density at radius 2 is 1.91 bits per heavy atom. The minimum Gasteiger partial charge on any atom is -0.491 e. The van der Waals surface area contributed by atoms with Crippen LogP contribution in [0, 0.1) is 5.41 Å². The molecule has 22 heavy (non-hydrogen) atoms. The highest BCUT2D eigenvalue weighted by atomic mass is 35.5. The van der Waals surface area contributed by atoms with Crippen molar-refractivity contribution in [2.24, 2.45) is 5.41 Å². The standard InChI is InChI=1S/C17H26N2O2.ClH/c1-12(2)21-15-7-5-14(6-8-15)13(3)19-16(20)17(4)9-10-18-11-17;/h5-8,12-13,18H,9-11H2,1-4H3,(H,19,20);1H. The first-order chi connectivity index (χ1) is 9.90. The summed E-state index contributed by atoms with van der Waals surface area (Å²) in [5.41, 5.74) is 0.809. The fourth-order valence-electron chi connectivity index (χ4n) is 2.57. The van der Waals surface area contributed by atoms with Crippen LogP contribution in [-0.4, -0.2) is 25.1 Å². The van der Waals surface area contributed by atoms with Gasteiger partial charge in [-0.25, -0.2) is 0 Å². The third kappa shape index (κ3) is 4.62. The summed E-state index contributed by atoms with van der Waals surface area (Å²) in [6, 6.07) is 7.94. The number of hydrogen-bond donors (Lipinski definition) is 2. The Kier molecular flexibility index (Phi) is 6.69. The quantitative estimate of drug-likeness (QED) is 0.874. The van der Waals surface area contributed by atoms with Crippen LogP contribution in [-0.2, 0) is 4.79 Å². The van der Waals surface area contributed by atoms with E-state index in [9.17, 15) is 4.79 Å². The molecule has 5 heteroatoms. The first kappa shape index (κ1) is 18.8. The minimum atomic E-state index is -0.283. The molecular formula is C17H27ClN2O2. The van der Waals surface area contributed by atoms with Gasteiger partial charge >= 0.3 is 0 Å². The first-order valence-corrected chi connectivity index (χ1v) is 7.69. The molecule has 1 aliphatic rings. The number of carbonyl (C=O) groups excluding carboxylic acids is 1. The van der Waals surface area contributed by atoms with Gasteiger partial charge in [-0.3, -0.25) is 4.79 Å². The number of ether oxygens (including phenoxy) is 1. The van der Waals surface area contributed by atoms with E-state index < -0.39 is 0 Å². The van der Waals surface area contributed by atoms with E-state index in [4.69, 9.17) is 4.74 Å². The van der Waals surface area contributed by atoms with Crippen LogP contribution in [0.3, 0.4) is 0 Å². The van der Waals surface area contributed by atoms with Crippen molar-refractivity contribution in [1.82, 2.24) is 10.6 Å². The molecule has 1 heterocycles. The van der Waals surface area contributed by atoms with E-state index in [1.54, 1.807) is 0 Å². The van der Waals surface area contributed by atoms with Crippen LogP contribution in [0.25, 0.3) is 0 Å². The number of halogens is 1. The van der Waals surface area contributed by atoms with Crippen molar-refractivity contribution in [3.8, 4) is 5.75 Å². The molecule has 0 radical (unpaired) electrons. The topological polar surface area (TPSA) is 50.4 Å². The predicted molar refractivity (Wildman–Crippen MR) is 91.6 cm³/mol. The van der Waals surface area contributed by atoms with Crippen LogP contribution in [0.4, 0.5) is 0 Å². The Labute approximate surface area is 139 Å². The van der Waals surface area contributed by atoms with E-state index in [-0.39, 0.29) is 35.9 Å². The van der Waals surface area contributed by atoms with E-state index in [0.29, 0.717) is 0 Å². The van der Waals surface area contributed by atoms with Crippen molar-refractivity contribution in [2.75, 3.05) is 13.1 Å². The zero-order chi connectivity index (χ0) is 15.5. The Hall–Kier alpha value is -1.26. The maximum atomic E-state index is 12.4. The van der Waals surface area contributed by atoms with Gasteiger partial charge in [-0.1, -0.05) is 12.1 Å². The Bertz CT molecular complexity index is 482. The van der Waals surface area contributed by atoms with Crippen molar-refractivity contribution in [3.05, 3.63) is 29.8 Å². The second-order valence-corrected chi connectivity index (χ2v) is 6.42. The Morgan fingerprint density at radius 3 is 2.41 bits per heavy atom. The van der Waals surface area contributed by atoms with Crippen molar-refractivity contribution in [3.63, 3.8) is 0 Å². The lowest BCUT2D eigenvalue weighted by molar-refractivity contribution is -0.129. The lowest BCUT2D eigenvalue weighted by Gasteiger charge is -2.25. The molecule has 2 unspecified atom stereocenters. The van der Waals surface area contributed by atoms with Crippen LogP contribution in [0.2, 0.25) is 0 Å². The summed E-state index contributed by atoms with van der Waals surface area (Å²) >= 11 is 0. The summed E-state index contributed by atoms with van der Waals surface area (Å²) in [5, 5.41) is 6.37. The zero-order valence-electron chi connectivity index (χ0n) is 13.8. The van der Waals surface area contributed by atoms with Gasteiger partial charge in [-0.15, -0.1) is 12.4 Å². The van der Waals surface area contributed by atoms with Crippen molar-refractivity contribution in [1.29, 1.82) is 0 Å². The summed E-state index contributed by atoms with van der Waals surface area (Å²) in [7, 11) is 0. The fraction of sp³-hybridized carbons (Fsp3) is 0.588. The Balaban J connectivity index is 0.00000242. The molecule has 1 aliphatic heterocycles. The molecule has 1 amide bonds. The third-order valence-electron chi connectivity index (χ3n) is 4.02. The van der Waals surface area contributed by atoms with Gasteiger partial charge in [0.2, 0.25) is 5.91 Å². The van der Waals surface area contributed by atoms with E-state index in [1.807, 2.05) is 52.0 Å². The molecule has 2 rings (SSSR count). The Morgan fingerprint density at radius 1 is 1.27 bits per heavy atom. The van der Waals surface area contributed by atoms with Gasteiger partial charge in [0, 0.05) is 6.54 Å². The summed E-state index contributed by atoms with van der Waals surface area (Å²) in [6.07, 6.45) is 1.06. The molecule has 0 aromatic heterocycles. The van der Waals surface area contributed by atoms with Crippen LogP contribution >= 0.6 is 12.4 Å². The lowest BCUT2D eigenvalue weighted by atomic mass is 9.88. The van der Waals surface area contributed by atoms with Gasteiger partial charge in [0.05, 0.1) is 17.6 Å². The monoisotopic (exact) mass is 326 g/mol. The fourth-order valence-corrected chi connectivity index (χ4v) is 2.57. The average Bonchev–Trinajstić information content (AvgIpc) is 2.87. The predicted octanol–water partition coefficient (Wildman–Crippen LogP) is 3.07. The van der Waals surface area contributed by atoms with Crippen LogP contribution in [0.15, 0.2) is 24.3 Å². The smallest absolute Gasteiger partial charge is 0.227 e. The third-order valence-corrected chi connectivity index (χ3v) is 4.02. The van der Waals surface area contributed by atoms with Gasteiger partial charge in [0.15, 0.2) is 0 Å². The van der Waals surface area contributed by atoms with E-state index >= 15 is 0 Å². The number of hydrogen-bond acceptors (Lipinski definition) is 3. The second-order valence-electron chi connectivity index (χ2n) is 6.42. The highest BCUT2D eigenvalue weighted by Gasteiger charge is 2.36. The van der Waals surface area contributed by atoms with E-state index in [2.05, 4.69) is 10.6 Å². The van der Waals surface area contributed by atoms with Gasteiger partial charge in [0.25, 0.3) is 0 Å². The molecule has 4 nitrogen and oxygen atoms in total. The van der Waals surface area contributed by atoms with Gasteiger partial charge < -0.3 is 15.4 Å². The first-order valence-electron chi connectivity index (χ1n) is 7.69. The average molecular weight is 327 g/mol. The minimum absolute atomic E-state index is 0. The maximum absolute atomic E-state index is 12.4. The highest BCUT2D eigenvalue weighted by Crippen LogP contribution is 2.26.